The number of rotatable bonds is 8. The van der Waals surface area contributed by atoms with Crippen molar-refractivity contribution in [2.24, 2.45) is 0 Å². The third-order valence-electron chi connectivity index (χ3n) is 5.60. The van der Waals surface area contributed by atoms with Gasteiger partial charge in [0.25, 0.3) is 11.1 Å². The second-order valence-electron chi connectivity index (χ2n) is 8.03. The number of imide groups is 1. The molecule has 174 valence electrons. The summed E-state index contributed by atoms with van der Waals surface area (Å²) >= 11 is 0.947. The van der Waals surface area contributed by atoms with Crippen molar-refractivity contribution in [3.8, 4) is 11.5 Å². The van der Waals surface area contributed by atoms with Gasteiger partial charge in [-0.05, 0) is 70.1 Å². The molecule has 1 aliphatic rings. The minimum atomic E-state index is -0.298. The minimum Gasteiger partial charge on any atom is -0.492 e. The van der Waals surface area contributed by atoms with Gasteiger partial charge in [-0.1, -0.05) is 66.7 Å². The summed E-state index contributed by atoms with van der Waals surface area (Å²) in [6.07, 6.45) is 1.73. The van der Waals surface area contributed by atoms with Crippen LogP contribution in [0.3, 0.4) is 0 Å². The summed E-state index contributed by atoms with van der Waals surface area (Å²) in [6, 6.07) is 31.3. The maximum atomic E-state index is 12.7. The lowest BCUT2D eigenvalue weighted by Gasteiger charge is -2.13. The highest BCUT2D eigenvalue weighted by Gasteiger charge is 2.34. The number of benzene rings is 4. The van der Waals surface area contributed by atoms with Crippen molar-refractivity contribution in [1.82, 2.24) is 4.90 Å². The fourth-order valence-electron chi connectivity index (χ4n) is 3.77. The van der Waals surface area contributed by atoms with Gasteiger partial charge in [0.1, 0.15) is 24.7 Å². The fourth-order valence-corrected chi connectivity index (χ4v) is 4.64. The molecule has 0 aliphatic carbocycles. The summed E-state index contributed by atoms with van der Waals surface area (Å²) in [5, 5.41) is 2.10. The maximum absolute atomic E-state index is 12.7. The van der Waals surface area contributed by atoms with Crippen LogP contribution in [0.2, 0.25) is 0 Å². The van der Waals surface area contributed by atoms with Crippen LogP contribution in [-0.4, -0.2) is 29.2 Å². The smallest absolute Gasteiger partial charge is 0.293 e. The van der Waals surface area contributed by atoms with Crippen molar-refractivity contribution in [1.29, 1.82) is 0 Å². The molecule has 0 atom stereocenters. The van der Waals surface area contributed by atoms with Crippen LogP contribution in [0, 0.1) is 0 Å². The molecule has 1 heterocycles. The minimum absolute atomic E-state index is 0.207. The van der Waals surface area contributed by atoms with Crippen LogP contribution in [0.1, 0.15) is 11.1 Å². The SMILES string of the molecule is O=C1S/C(=C\c2ccc(OCc3ccc4ccccc4c3)cc2)C(=O)N1CCOc1ccccc1. The Morgan fingerprint density at radius 1 is 0.743 bits per heavy atom. The van der Waals surface area contributed by atoms with Crippen molar-refractivity contribution in [3.05, 3.63) is 113 Å². The highest BCUT2D eigenvalue weighted by molar-refractivity contribution is 8.18. The molecule has 1 saturated heterocycles. The van der Waals surface area contributed by atoms with E-state index in [2.05, 4.69) is 30.3 Å². The van der Waals surface area contributed by atoms with E-state index in [1.807, 2.05) is 66.7 Å². The molecule has 5 nitrogen and oxygen atoms in total. The Morgan fingerprint density at radius 2 is 1.46 bits per heavy atom. The number of hydrogen-bond acceptors (Lipinski definition) is 5. The fraction of sp³-hybridized carbons (Fsp3) is 0.103. The van der Waals surface area contributed by atoms with E-state index in [1.165, 1.54) is 15.7 Å². The summed E-state index contributed by atoms with van der Waals surface area (Å²) in [4.78, 5) is 26.7. The number of carbonyl (C=O) groups excluding carboxylic acids is 2. The van der Waals surface area contributed by atoms with Crippen molar-refractivity contribution in [2.75, 3.05) is 13.2 Å². The lowest BCUT2D eigenvalue weighted by Crippen LogP contribution is -2.32. The lowest BCUT2D eigenvalue weighted by atomic mass is 10.1. The molecule has 1 fully saturated rings. The van der Waals surface area contributed by atoms with Gasteiger partial charge in [-0.3, -0.25) is 14.5 Å². The summed E-state index contributed by atoms with van der Waals surface area (Å²) in [6.45, 7) is 0.922. The van der Waals surface area contributed by atoms with E-state index < -0.39 is 0 Å². The molecule has 0 aromatic heterocycles. The predicted octanol–water partition coefficient (Wildman–Crippen LogP) is 6.53. The molecule has 1 aliphatic heterocycles. The highest BCUT2D eigenvalue weighted by atomic mass is 32.2. The molecule has 0 spiro atoms. The molecule has 35 heavy (non-hydrogen) atoms. The highest BCUT2D eigenvalue weighted by Crippen LogP contribution is 2.32. The summed E-state index contributed by atoms with van der Waals surface area (Å²) in [5.74, 6) is 1.15. The van der Waals surface area contributed by atoms with Gasteiger partial charge in [0, 0.05) is 0 Å². The van der Waals surface area contributed by atoms with E-state index in [0.29, 0.717) is 17.3 Å². The number of para-hydroxylation sites is 1. The van der Waals surface area contributed by atoms with Gasteiger partial charge in [0.15, 0.2) is 0 Å². The standard InChI is InChI=1S/C29H23NO4S/c31-28-27(35-29(32)30(28)16-17-33-25-8-2-1-3-9-25)19-21-11-14-26(15-12-21)34-20-22-10-13-23-6-4-5-7-24(23)18-22/h1-15,18-19H,16-17,20H2/b27-19-. The monoisotopic (exact) mass is 481 g/mol. The molecule has 0 unspecified atom stereocenters. The molecule has 6 heteroatoms. The molecule has 0 radical (unpaired) electrons. The van der Waals surface area contributed by atoms with E-state index in [1.54, 1.807) is 6.08 Å². The number of hydrogen-bond donors (Lipinski definition) is 0. The molecule has 5 rings (SSSR count). The van der Waals surface area contributed by atoms with Gasteiger partial charge >= 0.3 is 0 Å². The van der Waals surface area contributed by atoms with E-state index >= 15 is 0 Å². The normalized spacial score (nSPS) is 14.6. The number of thioether (sulfide) groups is 1. The molecule has 4 aromatic carbocycles. The van der Waals surface area contributed by atoms with Crippen LogP contribution >= 0.6 is 11.8 Å². The molecular formula is C29H23NO4S. The molecule has 0 saturated carbocycles. The molecular weight excluding hydrogens is 458 g/mol. The second-order valence-corrected chi connectivity index (χ2v) is 9.03. The quantitative estimate of drug-likeness (QED) is 0.268. The van der Waals surface area contributed by atoms with Crippen LogP contribution in [0.15, 0.2) is 102 Å². The Hall–Kier alpha value is -4.03. The summed E-state index contributed by atoms with van der Waals surface area (Å²) < 4.78 is 11.6. The van der Waals surface area contributed by atoms with Gasteiger partial charge in [0.05, 0.1) is 11.4 Å². The molecule has 4 aromatic rings. The van der Waals surface area contributed by atoms with E-state index in [9.17, 15) is 9.59 Å². The van der Waals surface area contributed by atoms with Crippen LogP contribution in [0.25, 0.3) is 16.8 Å². The van der Waals surface area contributed by atoms with E-state index in [0.717, 1.165) is 28.6 Å². The van der Waals surface area contributed by atoms with Crippen LogP contribution in [-0.2, 0) is 11.4 Å². The second kappa shape index (κ2) is 10.5. The summed E-state index contributed by atoms with van der Waals surface area (Å²) in [7, 11) is 0. The van der Waals surface area contributed by atoms with Crippen molar-refractivity contribution >= 4 is 39.8 Å². The van der Waals surface area contributed by atoms with Crippen molar-refractivity contribution in [2.45, 2.75) is 6.61 Å². The summed E-state index contributed by atoms with van der Waals surface area (Å²) in [5.41, 5.74) is 1.92. The van der Waals surface area contributed by atoms with Crippen molar-refractivity contribution in [3.63, 3.8) is 0 Å². The number of amides is 2. The average Bonchev–Trinajstić information content (AvgIpc) is 3.16. The number of nitrogens with zero attached hydrogens (tertiary/aromatic N) is 1. The first-order valence-corrected chi connectivity index (χ1v) is 12.1. The third kappa shape index (κ3) is 5.55. The first kappa shape index (κ1) is 22.7. The van der Waals surface area contributed by atoms with Gasteiger partial charge < -0.3 is 9.47 Å². The van der Waals surface area contributed by atoms with Gasteiger partial charge in [-0.15, -0.1) is 0 Å². The zero-order valence-corrected chi connectivity index (χ0v) is 19.7. The van der Waals surface area contributed by atoms with Crippen LogP contribution < -0.4 is 9.47 Å². The van der Waals surface area contributed by atoms with Gasteiger partial charge in [0.2, 0.25) is 0 Å². The Kier molecular flexibility index (Phi) is 6.82. The molecule has 2 amide bonds. The Bertz CT molecular complexity index is 1380. The van der Waals surface area contributed by atoms with Gasteiger partial charge in [-0.2, -0.15) is 0 Å². The van der Waals surface area contributed by atoms with E-state index in [4.69, 9.17) is 9.47 Å². The topological polar surface area (TPSA) is 55.8 Å². The Labute approximate surface area is 208 Å². The van der Waals surface area contributed by atoms with Crippen LogP contribution in [0.4, 0.5) is 4.79 Å². The predicted molar refractivity (Wildman–Crippen MR) is 139 cm³/mol. The molecule has 0 N–H and O–H groups in total. The van der Waals surface area contributed by atoms with Gasteiger partial charge in [-0.25, -0.2) is 0 Å². The van der Waals surface area contributed by atoms with Crippen LogP contribution in [0.5, 0.6) is 11.5 Å². The van der Waals surface area contributed by atoms with Crippen molar-refractivity contribution < 1.29 is 19.1 Å². The lowest BCUT2D eigenvalue weighted by molar-refractivity contribution is -0.123. The molecule has 0 bridgehead atoms. The zero-order valence-electron chi connectivity index (χ0n) is 18.9. The Morgan fingerprint density at radius 3 is 2.26 bits per heavy atom. The van der Waals surface area contributed by atoms with E-state index in [-0.39, 0.29) is 24.3 Å². The maximum Gasteiger partial charge on any atom is 0.293 e. The number of ether oxygens (including phenoxy) is 2. The first-order valence-electron chi connectivity index (χ1n) is 11.3. The number of fused-ring (bicyclic) bond motifs is 1. The average molecular weight is 482 g/mol. The number of carbonyl (C=O) groups is 2. The zero-order chi connectivity index (χ0) is 24.0. The largest absolute Gasteiger partial charge is 0.492 e. The first-order chi connectivity index (χ1) is 17.2. The third-order valence-corrected chi connectivity index (χ3v) is 6.51. The Balaban J connectivity index is 1.17.